The van der Waals surface area contributed by atoms with Crippen LogP contribution in [-0.4, -0.2) is 42.5 Å². The highest BCUT2D eigenvalue weighted by Crippen LogP contribution is 2.19. The van der Waals surface area contributed by atoms with Crippen molar-refractivity contribution >= 4 is 11.7 Å². The number of pyridine rings is 1. The van der Waals surface area contributed by atoms with Crippen LogP contribution < -0.4 is 11.1 Å². The van der Waals surface area contributed by atoms with Crippen LogP contribution >= 0.6 is 0 Å². The Hall–Kier alpha value is -1.62. The van der Waals surface area contributed by atoms with Gasteiger partial charge in [0.1, 0.15) is 5.82 Å². The van der Waals surface area contributed by atoms with Gasteiger partial charge in [0.25, 0.3) is 0 Å². The first-order valence-electron chi connectivity index (χ1n) is 6.83. The molecule has 5 heteroatoms. The summed E-state index contributed by atoms with van der Waals surface area (Å²) in [6, 6.07) is 3.50. The monoisotopic (exact) mass is 262 g/mol. The Morgan fingerprint density at radius 3 is 2.79 bits per heavy atom. The molecule has 0 bridgehead atoms. The van der Waals surface area contributed by atoms with Gasteiger partial charge in [-0.1, -0.05) is 0 Å². The van der Waals surface area contributed by atoms with Gasteiger partial charge in [0.2, 0.25) is 5.91 Å². The maximum absolute atomic E-state index is 10.9. The summed E-state index contributed by atoms with van der Waals surface area (Å²) in [6.45, 7) is 3.34. The normalized spacial score (nSPS) is 17.3. The van der Waals surface area contributed by atoms with Crippen molar-refractivity contribution < 1.29 is 4.79 Å². The molecule has 0 radical (unpaired) electrons. The second kappa shape index (κ2) is 6.52. The van der Waals surface area contributed by atoms with E-state index in [9.17, 15) is 4.79 Å². The van der Waals surface area contributed by atoms with Crippen LogP contribution in [0.2, 0.25) is 0 Å². The number of aromatic nitrogens is 1. The summed E-state index contributed by atoms with van der Waals surface area (Å²) in [5.41, 5.74) is 5.61. The smallest absolute Gasteiger partial charge is 0.250 e. The number of nitrogens with two attached hydrogens (primary N) is 1. The van der Waals surface area contributed by atoms with Crippen LogP contribution in [0.15, 0.2) is 18.3 Å². The summed E-state index contributed by atoms with van der Waals surface area (Å²) in [4.78, 5) is 17.5. The first-order valence-corrected chi connectivity index (χ1v) is 6.83. The Morgan fingerprint density at radius 1 is 1.47 bits per heavy atom. The van der Waals surface area contributed by atoms with Gasteiger partial charge < -0.3 is 16.0 Å². The van der Waals surface area contributed by atoms with Crippen LogP contribution in [0.1, 0.15) is 29.6 Å². The van der Waals surface area contributed by atoms with Crippen LogP contribution in [0.5, 0.6) is 0 Å². The SMILES string of the molecule is CN1CCC(CCNc2ccc(C(N)=O)cn2)CC1. The van der Waals surface area contributed by atoms with Gasteiger partial charge in [-0.3, -0.25) is 4.79 Å². The van der Waals surface area contributed by atoms with Crippen molar-refractivity contribution in [1.29, 1.82) is 0 Å². The molecule has 5 nitrogen and oxygen atoms in total. The Morgan fingerprint density at radius 2 is 2.21 bits per heavy atom. The van der Waals surface area contributed by atoms with Gasteiger partial charge in [-0.15, -0.1) is 0 Å². The zero-order valence-corrected chi connectivity index (χ0v) is 11.4. The lowest BCUT2D eigenvalue weighted by atomic mass is 9.94. The minimum Gasteiger partial charge on any atom is -0.370 e. The Bertz CT molecular complexity index is 410. The fraction of sp³-hybridized carbons (Fsp3) is 0.571. The van der Waals surface area contributed by atoms with E-state index < -0.39 is 5.91 Å². The molecule has 0 atom stereocenters. The second-order valence-electron chi connectivity index (χ2n) is 5.26. The topological polar surface area (TPSA) is 71.2 Å². The number of nitrogens with zero attached hydrogens (tertiary/aromatic N) is 2. The van der Waals surface area contributed by atoms with Crippen LogP contribution in [0, 0.1) is 5.92 Å². The average Bonchev–Trinajstić information content (AvgIpc) is 2.41. The van der Waals surface area contributed by atoms with E-state index in [2.05, 4.69) is 22.2 Å². The molecule has 0 aliphatic carbocycles. The van der Waals surface area contributed by atoms with Gasteiger partial charge in [0.05, 0.1) is 5.56 Å². The average molecular weight is 262 g/mol. The lowest BCUT2D eigenvalue weighted by Gasteiger charge is -2.28. The van der Waals surface area contributed by atoms with Crippen LogP contribution in [0.4, 0.5) is 5.82 Å². The molecule has 3 N–H and O–H groups in total. The summed E-state index contributed by atoms with van der Waals surface area (Å²) in [5.74, 6) is 1.18. The zero-order valence-electron chi connectivity index (χ0n) is 11.4. The van der Waals surface area contributed by atoms with Crippen molar-refractivity contribution in [2.24, 2.45) is 11.7 Å². The molecule has 0 aromatic carbocycles. The number of likely N-dealkylation sites (tertiary alicyclic amines) is 1. The standard InChI is InChI=1S/C14H22N4O/c1-18-8-5-11(6-9-18)4-7-16-13-3-2-12(10-17-13)14(15)19/h2-3,10-11H,4-9H2,1H3,(H2,15,19)(H,16,17). The number of primary amides is 1. The molecule has 0 saturated carbocycles. The number of carbonyl (C=O) groups excluding carboxylic acids is 1. The van der Waals surface area contributed by atoms with Crippen molar-refractivity contribution in [1.82, 2.24) is 9.88 Å². The van der Waals surface area contributed by atoms with E-state index in [1.165, 1.54) is 38.5 Å². The van der Waals surface area contributed by atoms with E-state index in [1.54, 1.807) is 12.1 Å². The van der Waals surface area contributed by atoms with Crippen LogP contribution in [0.3, 0.4) is 0 Å². The highest BCUT2D eigenvalue weighted by Gasteiger charge is 2.15. The number of amides is 1. The van der Waals surface area contributed by atoms with Crippen LogP contribution in [0.25, 0.3) is 0 Å². The van der Waals surface area contributed by atoms with Gasteiger partial charge >= 0.3 is 0 Å². The van der Waals surface area contributed by atoms with E-state index in [4.69, 9.17) is 5.73 Å². The Labute approximate surface area is 114 Å². The third-order valence-corrected chi connectivity index (χ3v) is 3.74. The molecule has 104 valence electrons. The van der Waals surface area contributed by atoms with E-state index in [0.717, 1.165) is 18.3 Å². The number of rotatable bonds is 5. The molecule has 1 aliphatic rings. The molecule has 2 rings (SSSR count). The molecule has 0 unspecified atom stereocenters. The third kappa shape index (κ3) is 4.21. The molecule has 0 spiro atoms. The van der Waals surface area contributed by atoms with Crippen molar-refractivity contribution in [2.75, 3.05) is 32.0 Å². The summed E-state index contributed by atoms with van der Waals surface area (Å²) in [7, 11) is 2.18. The molecule has 1 fully saturated rings. The van der Waals surface area contributed by atoms with Crippen molar-refractivity contribution in [3.8, 4) is 0 Å². The molecular weight excluding hydrogens is 240 g/mol. The predicted molar refractivity (Wildman–Crippen MR) is 76.1 cm³/mol. The summed E-state index contributed by atoms with van der Waals surface area (Å²) in [5, 5.41) is 3.29. The van der Waals surface area contributed by atoms with Crippen LogP contribution in [-0.2, 0) is 0 Å². The maximum Gasteiger partial charge on any atom is 0.250 e. The van der Waals surface area contributed by atoms with E-state index in [-0.39, 0.29) is 0 Å². The molecule has 1 aliphatic heterocycles. The largest absolute Gasteiger partial charge is 0.370 e. The number of hydrogen-bond donors (Lipinski definition) is 2. The fourth-order valence-electron chi connectivity index (χ4n) is 2.40. The lowest BCUT2D eigenvalue weighted by Crippen LogP contribution is -2.30. The van der Waals surface area contributed by atoms with Crippen molar-refractivity contribution in [3.05, 3.63) is 23.9 Å². The summed E-state index contributed by atoms with van der Waals surface area (Å²) < 4.78 is 0. The quantitative estimate of drug-likeness (QED) is 0.839. The molecule has 1 amide bonds. The molecule has 1 aromatic heterocycles. The molecule has 19 heavy (non-hydrogen) atoms. The van der Waals surface area contributed by atoms with Gasteiger partial charge in [-0.05, 0) is 57.5 Å². The number of anilines is 1. The molecule has 2 heterocycles. The first kappa shape index (κ1) is 13.8. The first-order chi connectivity index (χ1) is 9.15. The number of piperidine rings is 1. The molecular formula is C14H22N4O. The molecule has 1 saturated heterocycles. The number of carbonyl (C=O) groups is 1. The summed E-state index contributed by atoms with van der Waals surface area (Å²) >= 11 is 0. The number of nitrogens with one attached hydrogen (secondary N) is 1. The lowest BCUT2D eigenvalue weighted by molar-refractivity contribution is 0.1000. The minimum atomic E-state index is -0.439. The highest BCUT2D eigenvalue weighted by molar-refractivity contribution is 5.92. The van der Waals surface area contributed by atoms with E-state index in [1.807, 2.05) is 0 Å². The fourth-order valence-corrected chi connectivity index (χ4v) is 2.40. The van der Waals surface area contributed by atoms with Crippen molar-refractivity contribution in [2.45, 2.75) is 19.3 Å². The van der Waals surface area contributed by atoms with Gasteiger partial charge in [0.15, 0.2) is 0 Å². The zero-order chi connectivity index (χ0) is 13.7. The van der Waals surface area contributed by atoms with Gasteiger partial charge in [-0.25, -0.2) is 4.98 Å². The van der Waals surface area contributed by atoms with Gasteiger partial charge in [0, 0.05) is 12.7 Å². The number of hydrogen-bond acceptors (Lipinski definition) is 4. The van der Waals surface area contributed by atoms with E-state index >= 15 is 0 Å². The van der Waals surface area contributed by atoms with Crippen molar-refractivity contribution in [3.63, 3.8) is 0 Å². The van der Waals surface area contributed by atoms with Gasteiger partial charge in [-0.2, -0.15) is 0 Å². The van der Waals surface area contributed by atoms with E-state index in [0.29, 0.717) is 5.56 Å². The summed E-state index contributed by atoms with van der Waals surface area (Å²) in [6.07, 6.45) is 5.26. The second-order valence-corrected chi connectivity index (χ2v) is 5.26. The Kier molecular flexibility index (Phi) is 4.74. The maximum atomic E-state index is 10.9. The minimum absolute atomic E-state index is 0.439. The highest BCUT2D eigenvalue weighted by atomic mass is 16.1. The predicted octanol–water partition coefficient (Wildman–Crippen LogP) is 1.32. The third-order valence-electron chi connectivity index (χ3n) is 3.74. The Balaban J connectivity index is 1.72. The molecule has 1 aromatic rings.